The minimum atomic E-state index is -0.237. The van der Waals surface area contributed by atoms with E-state index in [0.29, 0.717) is 22.1 Å². The number of rotatable bonds is 3. The minimum absolute atomic E-state index is 0.143. The van der Waals surface area contributed by atoms with E-state index < -0.39 is 0 Å². The molecule has 1 fully saturated rings. The quantitative estimate of drug-likeness (QED) is 0.633. The van der Waals surface area contributed by atoms with Gasteiger partial charge in [0.15, 0.2) is 0 Å². The molecule has 1 aromatic rings. The molecule has 1 aliphatic heterocycles. The minimum Gasteiger partial charge on any atom is -0.342 e. The van der Waals surface area contributed by atoms with Gasteiger partial charge in [0.05, 0.1) is 10.9 Å². The lowest BCUT2D eigenvalue weighted by atomic mass is 10.2. The van der Waals surface area contributed by atoms with Gasteiger partial charge in [0.2, 0.25) is 5.91 Å². The Morgan fingerprint density at radius 2 is 1.86 bits per heavy atom. The van der Waals surface area contributed by atoms with Gasteiger partial charge in [-0.25, -0.2) is 9.97 Å². The summed E-state index contributed by atoms with van der Waals surface area (Å²) in [6.07, 6.45) is 4.57. The Balaban J connectivity index is 2.13. The number of amides is 1. The van der Waals surface area contributed by atoms with Crippen molar-refractivity contribution in [1.82, 2.24) is 14.9 Å². The number of hydrogen-bond donors (Lipinski definition) is 0. The summed E-state index contributed by atoms with van der Waals surface area (Å²) < 4.78 is 0. The number of hydrogen-bond acceptors (Lipinski definition) is 5. The van der Waals surface area contributed by atoms with Gasteiger partial charge in [0, 0.05) is 13.1 Å². The fraction of sp³-hybridized carbons (Fsp3) is 0.625. The first-order valence-corrected chi connectivity index (χ1v) is 8.61. The van der Waals surface area contributed by atoms with Crippen molar-refractivity contribution < 1.29 is 4.79 Å². The average molecular weight is 318 g/mol. The van der Waals surface area contributed by atoms with Crippen LogP contribution in [0.15, 0.2) is 5.03 Å². The molecule has 0 aromatic carbocycles. The molecule has 2 heterocycles. The summed E-state index contributed by atoms with van der Waals surface area (Å²) in [6.45, 7) is 7.19. The van der Waals surface area contributed by atoms with Gasteiger partial charge in [-0.05, 0) is 33.6 Å². The second kappa shape index (κ2) is 7.59. The number of aromatic nitrogens is 2. The molecule has 118 valence electrons. The number of thioether (sulfide) groups is 1. The monoisotopic (exact) mass is 318 g/mol. The molecule has 22 heavy (non-hydrogen) atoms. The van der Waals surface area contributed by atoms with Crippen molar-refractivity contribution in [3.05, 3.63) is 17.1 Å². The van der Waals surface area contributed by atoms with E-state index in [0.717, 1.165) is 25.9 Å². The third-order valence-electron chi connectivity index (χ3n) is 3.83. The molecule has 5 nitrogen and oxygen atoms in total. The summed E-state index contributed by atoms with van der Waals surface area (Å²) in [5, 5.41) is 9.67. The highest BCUT2D eigenvalue weighted by Crippen LogP contribution is 2.27. The number of carbonyl (C=O) groups is 1. The first-order chi connectivity index (χ1) is 10.5. The molecule has 0 aliphatic carbocycles. The number of nitrogens with zero attached hydrogens (tertiary/aromatic N) is 4. The highest BCUT2D eigenvalue weighted by atomic mass is 32.2. The maximum Gasteiger partial charge on any atom is 0.235 e. The van der Waals surface area contributed by atoms with E-state index >= 15 is 0 Å². The molecule has 0 saturated carbocycles. The van der Waals surface area contributed by atoms with E-state index in [-0.39, 0.29) is 11.2 Å². The highest BCUT2D eigenvalue weighted by Gasteiger charge is 2.24. The molecule has 1 amide bonds. The fourth-order valence-electron chi connectivity index (χ4n) is 2.66. The maximum absolute atomic E-state index is 12.6. The van der Waals surface area contributed by atoms with Crippen molar-refractivity contribution >= 4 is 17.7 Å². The summed E-state index contributed by atoms with van der Waals surface area (Å²) in [7, 11) is 0. The molecule has 1 aliphatic rings. The lowest BCUT2D eigenvalue weighted by Gasteiger charge is -2.23. The van der Waals surface area contributed by atoms with E-state index in [1.54, 1.807) is 13.8 Å². The van der Waals surface area contributed by atoms with Crippen LogP contribution in [0.25, 0.3) is 0 Å². The van der Waals surface area contributed by atoms with Crippen molar-refractivity contribution in [2.24, 2.45) is 0 Å². The third-order valence-corrected chi connectivity index (χ3v) is 4.91. The Kier molecular flexibility index (Phi) is 5.78. The van der Waals surface area contributed by atoms with Crippen LogP contribution in [0.1, 0.15) is 49.7 Å². The van der Waals surface area contributed by atoms with Crippen LogP contribution in [0.5, 0.6) is 0 Å². The predicted molar refractivity (Wildman–Crippen MR) is 86.6 cm³/mol. The molecular formula is C16H22N4OS. The zero-order valence-corrected chi connectivity index (χ0v) is 14.2. The standard InChI is InChI=1S/C16H22N4OS/c1-11-14(10-17)15(19-13(3)18-11)22-12(2)16(21)20-8-6-4-5-7-9-20/h12H,4-9H2,1-3H3/t12-/m1/s1. The SMILES string of the molecule is Cc1nc(C)c(C#N)c(S[C@H](C)C(=O)N2CCCCCC2)n1. The summed E-state index contributed by atoms with van der Waals surface area (Å²) in [5.41, 5.74) is 1.15. The van der Waals surface area contributed by atoms with Crippen molar-refractivity contribution in [3.8, 4) is 6.07 Å². The number of aryl methyl sites for hydroxylation is 2. The fourth-order valence-corrected chi connectivity index (χ4v) is 3.74. The molecule has 1 saturated heterocycles. The lowest BCUT2D eigenvalue weighted by Crippen LogP contribution is -2.37. The van der Waals surface area contributed by atoms with Crippen LogP contribution < -0.4 is 0 Å². The zero-order valence-electron chi connectivity index (χ0n) is 13.4. The van der Waals surface area contributed by atoms with Gasteiger partial charge in [0.1, 0.15) is 22.5 Å². The van der Waals surface area contributed by atoms with Gasteiger partial charge in [-0.2, -0.15) is 5.26 Å². The van der Waals surface area contributed by atoms with Crippen LogP contribution >= 0.6 is 11.8 Å². The van der Waals surface area contributed by atoms with Gasteiger partial charge in [0.25, 0.3) is 0 Å². The molecule has 0 spiro atoms. The summed E-state index contributed by atoms with van der Waals surface area (Å²) in [4.78, 5) is 23.1. The molecule has 1 atom stereocenters. The maximum atomic E-state index is 12.6. The molecular weight excluding hydrogens is 296 g/mol. The molecule has 2 rings (SSSR count). The first-order valence-electron chi connectivity index (χ1n) is 7.73. The highest BCUT2D eigenvalue weighted by molar-refractivity contribution is 8.00. The largest absolute Gasteiger partial charge is 0.342 e. The average Bonchev–Trinajstić information content (AvgIpc) is 2.75. The van der Waals surface area contributed by atoms with E-state index in [1.165, 1.54) is 24.6 Å². The Morgan fingerprint density at radius 3 is 2.45 bits per heavy atom. The second-order valence-electron chi connectivity index (χ2n) is 5.65. The Labute approximate surface area is 136 Å². The Bertz CT molecular complexity index is 589. The number of likely N-dealkylation sites (tertiary alicyclic amines) is 1. The van der Waals surface area contributed by atoms with Gasteiger partial charge in [-0.15, -0.1) is 0 Å². The van der Waals surface area contributed by atoms with E-state index in [4.69, 9.17) is 0 Å². The van der Waals surface area contributed by atoms with Crippen LogP contribution in [0, 0.1) is 25.2 Å². The van der Waals surface area contributed by atoms with Crippen LogP contribution in [0.4, 0.5) is 0 Å². The van der Waals surface area contributed by atoms with Crippen LogP contribution in [-0.4, -0.2) is 39.1 Å². The zero-order chi connectivity index (χ0) is 16.1. The van der Waals surface area contributed by atoms with Crippen LogP contribution in [0.2, 0.25) is 0 Å². The van der Waals surface area contributed by atoms with E-state index in [1.807, 2.05) is 11.8 Å². The van der Waals surface area contributed by atoms with Crippen LogP contribution in [0.3, 0.4) is 0 Å². The Hall–Kier alpha value is -1.61. The van der Waals surface area contributed by atoms with Gasteiger partial charge >= 0.3 is 0 Å². The first kappa shape index (κ1) is 16.8. The second-order valence-corrected chi connectivity index (χ2v) is 6.98. The van der Waals surface area contributed by atoms with Crippen molar-refractivity contribution in [2.45, 2.75) is 56.7 Å². The normalized spacial score (nSPS) is 16.7. The van der Waals surface area contributed by atoms with Gasteiger partial charge < -0.3 is 4.90 Å². The number of carbonyl (C=O) groups excluding carboxylic acids is 1. The Morgan fingerprint density at radius 1 is 1.23 bits per heavy atom. The topological polar surface area (TPSA) is 69.9 Å². The predicted octanol–water partition coefficient (Wildman–Crippen LogP) is 2.85. The smallest absolute Gasteiger partial charge is 0.235 e. The van der Waals surface area contributed by atoms with Crippen molar-refractivity contribution in [2.75, 3.05) is 13.1 Å². The lowest BCUT2D eigenvalue weighted by molar-refractivity contribution is -0.130. The third kappa shape index (κ3) is 3.98. The number of nitriles is 1. The molecule has 0 N–H and O–H groups in total. The van der Waals surface area contributed by atoms with E-state index in [2.05, 4.69) is 16.0 Å². The molecule has 6 heteroatoms. The van der Waals surface area contributed by atoms with Gasteiger partial charge in [-0.1, -0.05) is 24.6 Å². The summed E-state index contributed by atoms with van der Waals surface area (Å²) >= 11 is 1.37. The van der Waals surface area contributed by atoms with E-state index in [9.17, 15) is 10.1 Å². The van der Waals surface area contributed by atoms with Crippen molar-refractivity contribution in [1.29, 1.82) is 5.26 Å². The van der Waals surface area contributed by atoms with Gasteiger partial charge in [-0.3, -0.25) is 4.79 Å². The van der Waals surface area contributed by atoms with Crippen molar-refractivity contribution in [3.63, 3.8) is 0 Å². The molecule has 1 aromatic heterocycles. The summed E-state index contributed by atoms with van der Waals surface area (Å²) in [6, 6.07) is 2.15. The summed E-state index contributed by atoms with van der Waals surface area (Å²) in [5.74, 6) is 0.776. The molecule has 0 unspecified atom stereocenters. The molecule has 0 bridgehead atoms. The molecule has 0 radical (unpaired) electrons. The van der Waals surface area contributed by atoms with Crippen LogP contribution in [-0.2, 0) is 4.79 Å².